The summed E-state index contributed by atoms with van der Waals surface area (Å²) in [5.41, 5.74) is 1.36. The molecule has 0 aliphatic heterocycles. The number of carbonyl (C=O) groups is 2. The number of ether oxygens (including phenoxy) is 1. The summed E-state index contributed by atoms with van der Waals surface area (Å²) in [4.78, 5) is 36.3. The van der Waals surface area contributed by atoms with E-state index in [4.69, 9.17) is 20.8 Å². The molecule has 0 atom stereocenters. The lowest BCUT2D eigenvalue weighted by Crippen LogP contribution is -2.16. The smallest absolute Gasteiger partial charge is 0.374 e. The molecule has 0 amide bonds. The summed E-state index contributed by atoms with van der Waals surface area (Å²) in [5, 5.41) is 0.654. The van der Waals surface area contributed by atoms with Gasteiger partial charge in [0, 0.05) is 16.7 Å². The minimum atomic E-state index is -0.877. The molecule has 0 saturated carbocycles. The summed E-state index contributed by atoms with van der Waals surface area (Å²) in [5.74, 6) is -1.48. The van der Waals surface area contributed by atoms with Gasteiger partial charge in [-0.2, -0.15) is 0 Å². The SMILES string of the molecule is CCc1ccc(C(=O)COC(=O)c2cc(=O)c3cc(Cl)ccc3o2)cc1. The number of hydrogen-bond donors (Lipinski definition) is 0. The molecular weight excluding hydrogens is 356 g/mol. The Morgan fingerprint density at radius 2 is 1.81 bits per heavy atom. The van der Waals surface area contributed by atoms with Crippen molar-refractivity contribution in [2.45, 2.75) is 13.3 Å². The number of halogens is 1. The molecule has 1 aromatic heterocycles. The van der Waals surface area contributed by atoms with E-state index in [9.17, 15) is 14.4 Å². The van der Waals surface area contributed by atoms with Crippen LogP contribution in [0.15, 0.2) is 57.7 Å². The summed E-state index contributed by atoms with van der Waals surface area (Å²) in [7, 11) is 0. The lowest BCUT2D eigenvalue weighted by Gasteiger charge is -2.05. The normalized spacial score (nSPS) is 10.7. The van der Waals surface area contributed by atoms with Crippen LogP contribution in [-0.4, -0.2) is 18.4 Å². The molecule has 3 aromatic rings. The Kier molecular flexibility index (Phi) is 5.19. The monoisotopic (exact) mass is 370 g/mol. The molecule has 3 rings (SSSR count). The first kappa shape index (κ1) is 17.9. The quantitative estimate of drug-likeness (QED) is 0.500. The molecule has 0 spiro atoms. The topological polar surface area (TPSA) is 73.6 Å². The Balaban J connectivity index is 1.73. The number of rotatable bonds is 5. The lowest BCUT2D eigenvalue weighted by molar-refractivity contribution is 0.0444. The van der Waals surface area contributed by atoms with E-state index in [0.717, 1.165) is 18.1 Å². The highest BCUT2D eigenvalue weighted by Crippen LogP contribution is 2.18. The number of Topliss-reactive ketones (excluding diaryl/α,β-unsaturated/α-hetero) is 1. The maximum absolute atomic E-state index is 12.1. The van der Waals surface area contributed by atoms with Gasteiger partial charge in [-0.25, -0.2) is 4.79 Å². The van der Waals surface area contributed by atoms with Crippen LogP contribution in [0.2, 0.25) is 5.02 Å². The first-order valence-electron chi connectivity index (χ1n) is 8.00. The van der Waals surface area contributed by atoms with E-state index >= 15 is 0 Å². The molecule has 0 fully saturated rings. The van der Waals surface area contributed by atoms with Crippen molar-refractivity contribution in [3.05, 3.63) is 80.7 Å². The predicted molar refractivity (Wildman–Crippen MR) is 97.9 cm³/mol. The van der Waals surface area contributed by atoms with Crippen LogP contribution in [0.1, 0.15) is 33.4 Å². The van der Waals surface area contributed by atoms with Crippen LogP contribution in [0.3, 0.4) is 0 Å². The number of fused-ring (bicyclic) bond motifs is 1. The molecule has 0 unspecified atom stereocenters. The molecule has 2 aromatic carbocycles. The molecule has 26 heavy (non-hydrogen) atoms. The molecule has 132 valence electrons. The molecular formula is C20H15ClO5. The second-order valence-electron chi connectivity index (χ2n) is 5.67. The highest BCUT2D eigenvalue weighted by molar-refractivity contribution is 6.31. The predicted octanol–water partition coefficient (Wildman–Crippen LogP) is 4.05. The van der Waals surface area contributed by atoms with Gasteiger partial charge < -0.3 is 9.15 Å². The fourth-order valence-electron chi connectivity index (χ4n) is 2.44. The van der Waals surface area contributed by atoms with Crippen molar-refractivity contribution in [1.82, 2.24) is 0 Å². The van der Waals surface area contributed by atoms with Crippen molar-refractivity contribution in [3.8, 4) is 0 Å². The number of aryl methyl sites for hydroxylation is 1. The summed E-state index contributed by atoms with van der Waals surface area (Å²) >= 11 is 5.85. The number of ketones is 1. The van der Waals surface area contributed by atoms with Crippen LogP contribution in [0.5, 0.6) is 0 Å². The second kappa shape index (κ2) is 7.54. The van der Waals surface area contributed by atoms with E-state index in [1.165, 1.54) is 12.1 Å². The average molecular weight is 371 g/mol. The van der Waals surface area contributed by atoms with E-state index in [0.29, 0.717) is 10.6 Å². The molecule has 6 heteroatoms. The summed E-state index contributed by atoms with van der Waals surface area (Å²) < 4.78 is 10.4. The number of esters is 1. The van der Waals surface area contributed by atoms with Crippen molar-refractivity contribution in [2.24, 2.45) is 0 Å². The molecule has 1 heterocycles. The van der Waals surface area contributed by atoms with Gasteiger partial charge in [0.05, 0.1) is 5.39 Å². The maximum Gasteiger partial charge on any atom is 0.374 e. The number of hydrogen-bond acceptors (Lipinski definition) is 5. The van der Waals surface area contributed by atoms with Crippen molar-refractivity contribution >= 4 is 34.3 Å². The van der Waals surface area contributed by atoms with Gasteiger partial charge in [-0.15, -0.1) is 0 Å². The largest absolute Gasteiger partial charge is 0.451 e. The van der Waals surface area contributed by atoms with Crippen LogP contribution in [-0.2, 0) is 11.2 Å². The lowest BCUT2D eigenvalue weighted by atomic mass is 10.1. The highest BCUT2D eigenvalue weighted by atomic mass is 35.5. The highest BCUT2D eigenvalue weighted by Gasteiger charge is 2.16. The number of carbonyl (C=O) groups excluding carboxylic acids is 2. The van der Waals surface area contributed by atoms with Crippen molar-refractivity contribution in [1.29, 1.82) is 0 Å². The van der Waals surface area contributed by atoms with E-state index in [-0.39, 0.29) is 22.5 Å². The Bertz CT molecular complexity index is 1030. The first-order chi connectivity index (χ1) is 12.5. The third-order valence-corrected chi connectivity index (χ3v) is 4.14. The summed E-state index contributed by atoms with van der Waals surface area (Å²) in [6, 6.07) is 12.6. The Morgan fingerprint density at radius 3 is 2.50 bits per heavy atom. The zero-order chi connectivity index (χ0) is 18.7. The van der Waals surface area contributed by atoms with E-state index in [1.807, 2.05) is 19.1 Å². The second-order valence-corrected chi connectivity index (χ2v) is 6.10. The zero-order valence-electron chi connectivity index (χ0n) is 14.0. The summed E-state index contributed by atoms with van der Waals surface area (Å²) in [6.45, 7) is 1.58. The van der Waals surface area contributed by atoms with Crippen molar-refractivity contribution in [3.63, 3.8) is 0 Å². The van der Waals surface area contributed by atoms with Crippen LogP contribution >= 0.6 is 11.6 Å². The fourth-order valence-corrected chi connectivity index (χ4v) is 2.61. The first-order valence-corrected chi connectivity index (χ1v) is 8.38. The minimum absolute atomic E-state index is 0.218. The molecule has 0 bridgehead atoms. The third kappa shape index (κ3) is 3.83. The Morgan fingerprint density at radius 1 is 1.08 bits per heavy atom. The van der Waals surface area contributed by atoms with Crippen molar-refractivity contribution in [2.75, 3.05) is 6.61 Å². The van der Waals surface area contributed by atoms with Gasteiger partial charge in [0.25, 0.3) is 0 Å². The zero-order valence-corrected chi connectivity index (χ0v) is 14.7. The van der Waals surface area contributed by atoms with Crippen LogP contribution in [0.4, 0.5) is 0 Å². The standard InChI is InChI=1S/C20H15ClO5/c1-2-12-3-5-13(6-4-12)17(23)11-25-20(24)19-10-16(22)15-9-14(21)7-8-18(15)26-19/h3-10H,2,11H2,1H3. The number of benzene rings is 2. The molecule has 5 nitrogen and oxygen atoms in total. The third-order valence-electron chi connectivity index (χ3n) is 3.91. The van der Waals surface area contributed by atoms with Gasteiger partial charge >= 0.3 is 5.97 Å². The van der Waals surface area contributed by atoms with E-state index < -0.39 is 18.0 Å². The van der Waals surface area contributed by atoms with E-state index in [1.54, 1.807) is 18.2 Å². The van der Waals surface area contributed by atoms with Gasteiger partial charge in [0.15, 0.2) is 17.8 Å². The van der Waals surface area contributed by atoms with Crippen LogP contribution < -0.4 is 5.43 Å². The van der Waals surface area contributed by atoms with Gasteiger partial charge in [-0.05, 0) is 30.2 Å². The van der Waals surface area contributed by atoms with Crippen LogP contribution in [0, 0.1) is 0 Å². The Hall–Kier alpha value is -2.92. The van der Waals surface area contributed by atoms with Gasteiger partial charge in [-0.3, -0.25) is 9.59 Å². The molecule has 0 N–H and O–H groups in total. The van der Waals surface area contributed by atoms with Gasteiger partial charge in [0.1, 0.15) is 5.58 Å². The molecule has 0 aliphatic rings. The minimum Gasteiger partial charge on any atom is -0.451 e. The maximum atomic E-state index is 12.1. The Labute approximate surface area is 154 Å². The molecule has 0 aliphatic carbocycles. The average Bonchev–Trinajstić information content (AvgIpc) is 2.66. The van der Waals surface area contributed by atoms with E-state index in [2.05, 4.69) is 0 Å². The van der Waals surface area contributed by atoms with Gasteiger partial charge in [0.2, 0.25) is 5.76 Å². The van der Waals surface area contributed by atoms with Crippen molar-refractivity contribution < 1.29 is 18.7 Å². The van der Waals surface area contributed by atoms with Crippen LogP contribution in [0.25, 0.3) is 11.0 Å². The molecule has 0 radical (unpaired) electrons. The fraction of sp³-hybridized carbons (Fsp3) is 0.150. The molecule has 0 saturated heterocycles. The van der Waals surface area contributed by atoms with Gasteiger partial charge in [-0.1, -0.05) is 42.8 Å². The summed E-state index contributed by atoms with van der Waals surface area (Å²) in [6.07, 6.45) is 0.871.